The minimum Gasteiger partial charge on any atom is -0.399 e. The van der Waals surface area contributed by atoms with Gasteiger partial charge in [-0.2, -0.15) is 5.26 Å². The Morgan fingerprint density at radius 1 is 1.21 bits per heavy atom. The molecule has 0 aliphatic heterocycles. The predicted octanol–water partition coefficient (Wildman–Crippen LogP) is 4.24. The lowest BCUT2D eigenvalue weighted by molar-refractivity contribution is 1.31. The van der Waals surface area contributed by atoms with Crippen LogP contribution >= 0.6 is 0 Å². The summed E-state index contributed by atoms with van der Waals surface area (Å²) in [5.74, 6) is 0. The first-order valence-corrected chi connectivity index (χ1v) is 6.23. The van der Waals surface area contributed by atoms with E-state index in [9.17, 15) is 0 Å². The van der Waals surface area contributed by atoms with Gasteiger partial charge in [-0.25, -0.2) is 0 Å². The van der Waals surface area contributed by atoms with Gasteiger partial charge < -0.3 is 5.73 Å². The van der Waals surface area contributed by atoms with Crippen LogP contribution in [-0.4, -0.2) is 0 Å². The van der Waals surface area contributed by atoms with E-state index in [1.54, 1.807) is 6.07 Å². The lowest BCUT2D eigenvalue weighted by atomic mass is 10.2. The van der Waals surface area contributed by atoms with Crippen LogP contribution in [0.3, 0.4) is 0 Å². The third kappa shape index (κ3) is 7.62. The maximum absolute atomic E-state index is 8.41. The van der Waals surface area contributed by atoms with Crippen LogP contribution in [0.5, 0.6) is 0 Å². The van der Waals surface area contributed by atoms with Gasteiger partial charge in [0.05, 0.1) is 11.6 Å². The van der Waals surface area contributed by atoms with E-state index in [0.29, 0.717) is 0 Å². The second kappa shape index (κ2) is 9.73. The Kier molecular flexibility index (Phi) is 8.57. The second-order valence-corrected chi connectivity index (χ2v) is 4.12. The molecule has 0 saturated carbocycles. The Balaban J connectivity index is 0.000000342. The van der Waals surface area contributed by atoms with Crippen LogP contribution in [0.2, 0.25) is 0 Å². The number of benzene rings is 1. The maximum Gasteiger partial charge on any atom is 0.0991 e. The number of hydrogen-bond acceptors (Lipinski definition) is 2. The summed E-state index contributed by atoms with van der Waals surface area (Å²) < 4.78 is 0. The molecule has 0 aliphatic carbocycles. The lowest BCUT2D eigenvalue weighted by Crippen LogP contribution is -1.95. The summed E-state index contributed by atoms with van der Waals surface area (Å²) in [6, 6.07) is 9.58. The molecule has 1 aromatic rings. The number of aryl methyl sites for hydroxylation is 1. The highest BCUT2D eigenvalue weighted by Gasteiger charge is 1.86. The summed E-state index contributed by atoms with van der Waals surface area (Å²) in [5.41, 5.74) is 9.47. The van der Waals surface area contributed by atoms with Crippen LogP contribution in [0, 0.1) is 18.3 Å². The average molecular weight is 254 g/mol. The molecule has 1 rings (SSSR count). The van der Waals surface area contributed by atoms with Crippen molar-refractivity contribution < 1.29 is 0 Å². The first-order valence-electron chi connectivity index (χ1n) is 6.23. The van der Waals surface area contributed by atoms with Gasteiger partial charge in [-0.1, -0.05) is 30.4 Å². The Bertz CT molecular complexity index is 494. The largest absolute Gasteiger partial charge is 0.399 e. The van der Waals surface area contributed by atoms with E-state index in [2.05, 4.69) is 6.07 Å². The van der Waals surface area contributed by atoms with Crippen molar-refractivity contribution >= 4 is 0 Å². The number of hydrogen-bond donors (Lipinski definition) is 1. The van der Waals surface area contributed by atoms with Crippen molar-refractivity contribution in [1.82, 2.24) is 0 Å². The molecule has 0 atom stereocenters. The highest BCUT2D eigenvalue weighted by Crippen LogP contribution is 2.01. The van der Waals surface area contributed by atoms with Gasteiger partial charge >= 0.3 is 0 Å². The van der Waals surface area contributed by atoms with Gasteiger partial charge in [0.2, 0.25) is 0 Å². The van der Waals surface area contributed by atoms with Gasteiger partial charge in [0, 0.05) is 5.70 Å². The SMILES string of the molecule is C\C=C/C(C)=C(N)\C=C/C.Cc1cccc(C#N)c1. The van der Waals surface area contributed by atoms with Crippen LogP contribution in [0.25, 0.3) is 0 Å². The number of nitrogens with zero attached hydrogens (tertiary/aromatic N) is 1. The number of allylic oxidation sites excluding steroid dienone is 5. The monoisotopic (exact) mass is 254 g/mol. The predicted molar refractivity (Wildman–Crippen MR) is 82.4 cm³/mol. The molecule has 0 radical (unpaired) electrons. The number of nitriles is 1. The molecule has 19 heavy (non-hydrogen) atoms. The van der Waals surface area contributed by atoms with E-state index in [1.165, 1.54) is 0 Å². The van der Waals surface area contributed by atoms with Gasteiger partial charge in [0.1, 0.15) is 0 Å². The summed E-state index contributed by atoms with van der Waals surface area (Å²) in [6.45, 7) is 7.90. The first kappa shape index (κ1) is 16.7. The maximum atomic E-state index is 8.41. The third-order valence-electron chi connectivity index (χ3n) is 2.37. The molecule has 0 aromatic heterocycles. The summed E-state index contributed by atoms with van der Waals surface area (Å²) in [4.78, 5) is 0. The minimum atomic E-state index is 0.731. The highest BCUT2D eigenvalue weighted by molar-refractivity contribution is 5.31. The van der Waals surface area contributed by atoms with Crippen molar-refractivity contribution in [2.24, 2.45) is 5.73 Å². The molecular formula is C17H22N2. The molecule has 2 N–H and O–H groups in total. The van der Waals surface area contributed by atoms with Crippen molar-refractivity contribution in [3.63, 3.8) is 0 Å². The molecular weight excluding hydrogens is 232 g/mol. The summed E-state index contributed by atoms with van der Waals surface area (Å²) in [7, 11) is 0. The van der Waals surface area contributed by atoms with Crippen LogP contribution in [0.4, 0.5) is 0 Å². The van der Waals surface area contributed by atoms with Crippen molar-refractivity contribution in [3.8, 4) is 6.07 Å². The standard InChI is InChI=1S/C9H15N.C8H7N/c1-4-6-8(3)9(10)7-5-2;1-7-3-2-4-8(5-7)6-9/h4-7H,10H2,1-3H3;2-5H,1H3/b6-4-,7-5-,9-8+;. The fourth-order valence-corrected chi connectivity index (χ4v) is 1.37. The van der Waals surface area contributed by atoms with E-state index in [4.69, 9.17) is 11.0 Å². The fourth-order valence-electron chi connectivity index (χ4n) is 1.37. The minimum absolute atomic E-state index is 0.731. The summed E-state index contributed by atoms with van der Waals surface area (Å²) >= 11 is 0. The second-order valence-electron chi connectivity index (χ2n) is 4.12. The van der Waals surface area contributed by atoms with Gasteiger partial charge in [0.25, 0.3) is 0 Å². The Morgan fingerprint density at radius 2 is 1.84 bits per heavy atom. The van der Waals surface area contributed by atoms with Crippen molar-refractivity contribution in [3.05, 3.63) is 71.0 Å². The molecule has 100 valence electrons. The normalized spacial score (nSPS) is 11.7. The topological polar surface area (TPSA) is 49.8 Å². The molecule has 0 amide bonds. The van der Waals surface area contributed by atoms with Crippen molar-refractivity contribution in [2.45, 2.75) is 27.7 Å². The third-order valence-corrected chi connectivity index (χ3v) is 2.37. The lowest BCUT2D eigenvalue weighted by Gasteiger charge is -1.95. The average Bonchev–Trinajstić information content (AvgIpc) is 2.40. The van der Waals surface area contributed by atoms with Crippen molar-refractivity contribution in [1.29, 1.82) is 5.26 Å². The summed E-state index contributed by atoms with van der Waals surface area (Å²) in [5, 5.41) is 8.41. The van der Waals surface area contributed by atoms with Gasteiger partial charge in [-0.15, -0.1) is 0 Å². The van der Waals surface area contributed by atoms with Crippen LogP contribution in [0.1, 0.15) is 31.9 Å². The quantitative estimate of drug-likeness (QED) is 0.802. The van der Waals surface area contributed by atoms with Gasteiger partial charge in [0.15, 0.2) is 0 Å². The van der Waals surface area contributed by atoms with Gasteiger partial charge in [-0.05, 0) is 57.0 Å². The van der Waals surface area contributed by atoms with E-state index >= 15 is 0 Å². The molecule has 0 bridgehead atoms. The highest BCUT2D eigenvalue weighted by atomic mass is 14.6. The van der Waals surface area contributed by atoms with E-state index in [-0.39, 0.29) is 0 Å². The Morgan fingerprint density at radius 3 is 2.26 bits per heavy atom. The first-order chi connectivity index (χ1) is 9.04. The zero-order valence-corrected chi connectivity index (χ0v) is 12.1. The molecule has 0 heterocycles. The molecule has 0 saturated heterocycles. The number of rotatable bonds is 2. The Hall–Kier alpha value is -2.27. The Labute approximate surface area is 116 Å². The molecule has 2 heteroatoms. The van der Waals surface area contributed by atoms with E-state index in [1.807, 2.05) is 70.2 Å². The molecule has 1 aromatic carbocycles. The van der Waals surface area contributed by atoms with Crippen LogP contribution in [0.15, 0.2) is 59.8 Å². The van der Waals surface area contributed by atoms with E-state index in [0.717, 1.165) is 22.4 Å². The van der Waals surface area contributed by atoms with Crippen LogP contribution in [-0.2, 0) is 0 Å². The van der Waals surface area contributed by atoms with E-state index < -0.39 is 0 Å². The molecule has 0 spiro atoms. The number of nitrogens with two attached hydrogens (primary N) is 1. The fraction of sp³-hybridized carbons (Fsp3) is 0.235. The molecule has 0 fully saturated rings. The van der Waals surface area contributed by atoms with Crippen molar-refractivity contribution in [2.75, 3.05) is 0 Å². The van der Waals surface area contributed by atoms with Gasteiger partial charge in [-0.3, -0.25) is 0 Å². The van der Waals surface area contributed by atoms with Crippen LogP contribution < -0.4 is 5.73 Å². The summed E-state index contributed by atoms with van der Waals surface area (Å²) in [6.07, 6.45) is 7.80. The zero-order chi connectivity index (χ0) is 14.7. The smallest absolute Gasteiger partial charge is 0.0991 e. The molecule has 0 aliphatic rings. The molecule has 0 unspecified atom stereocenters. The zero-order valence-electron chi connectivity index (χ0n) is 12.1. The molecule has 2 nitrogen and oxygen atoms in total.